The zero-order valence-corrected chi connectivity index (χ0v) is 12.7. The fourth-order valence-corrected chi connectivity index (χ4v) is 2.21. The molecule has 0 spiro atoms. The lowest BCUT2D eigenvalue weighted by molar-refractivity contribution is 0.0544. The number of nitrogens with zero attached hydrogens (tertiary/aromatic N) is 1. The van der Waals surface area contributed by atoms with E-state index in [0.717, 1.165) is 9.86 Å². The van der Waals surface area contributed by atoms with Gasteiger partial charge in [-0.25, -0.2) is 4.79 Å². The van der Waals surface area contributed by atoms with E-state index in [1.54, 1.807) is 6.20 Å². The maximum absolute atomic E-state index is 12.1. The predicted molar refractivity (Wildman–Crippen MR) is 76.3 cm³/mol. The average molecular weight is 331 g/mol. The highest BCUT2D eigenvalue weighted by molar-refractivity contribution is 9.10. The van der Waals surface area contributed by atoms with Crippen LogP contribution in [0.25, 0.3) is 10.9 Å². The highest BCUT2D eigenvalue weighted by Gasteiger charge is 2.20. The van der Waals surface area contributed by atoms with Crippen LogP contribution in [0.2, 0.25) is 5.02 Å². The number of carbonyl (C=O) groups is 1. The van der Waals surface area contributed by atoms with Crippen LogP contribution in [0.4, 0.5) is 4.79 Å². The molecule has 0 unspecified atom stereocenters. The van der Waals surface area contributed by atoms with Crippen molar-refractivity contribution in [3.05, 3.63) is 33.9 Å². The van der Waals surface area contributed by atoms with Gasteiger partial charge in [0.05, 0.1) is 10.5 Å². The van der Waals surface area contributed by atoms with Crippen molar-refractivity contribution >= 4 is 44.5 Å². The predicted octanol–water partition coefficient (Wildman–Crippen LogP) is 4.84. The summed E-state index contributed by atoms with van der Waals surface area (Å²) in [4.78, 5) is 12.1. The van der Waals surface area contributed by atoms with Gasteiger partial charge < -0.3 is 4.74 Å². The van der Waals surface area contributed by atoms with Gasteiger partial charge in [0.2, 0.25) is 0 Å². The van der Waals surface area contributed by atoms with E-state index < -0.39 is 11.7 Å². The van der Waals surface area contributed by atoms with Crippen molar-refractivity contribution in [3.8, 4) is 0 Å². The Bertz CT molecular complexity index is 613. The molecular weight excluding hydrogens is 318 g/mol. The second-order valence-electron chi connectivity index (χ2n) is 4.97. The molecule has 1 aromatic heterocycles. The van der Waals surface area contributed by atoms with Crippen molar-refractivity contribution in [3.63, 3.8) is 0 Å². The van der Waals surface area contributed by atoms with Crippen LogP contribution in [0.15, 0.2) is 28.9 Å². The first-order valence-corrected chi connectivity index (χ1v) is 6.65. The van der Waals surface area contributed by atoms with Gasteiger partial charge in [0, 0.05) is 16.1 Å². The first kappa shape index (κ1) is 13.4. The summed E-state index contributed by atoms with van der Waals surface area (Å²) >= 11 is 9.56. The lowest BCUT2D eigenvalue weighted by Crippen LogP contribution is -2.26. The molecule has 1 heterocycles. The number of hydrogen-bond acceptors (Lipinski definition) is 2. The first-order chi connectivity index (χ1) is 8.29. The van der Waals surface area contributed by atoms with Crippen LogP contribution >= 0.6 is 27.5 Å². The molecule has 0 N–H and O–H groups in total. The normalized spacial score (nSPS) is 11.8. The lowest BCUT2D eigenvalue weighted by Gasteiger charge is -2.20. The molecule has 0 fully saturated rings. The van der Waals surface area contributed by atoms with Gasteiger partial charge in [0.25, 0.3) is 0 Å². The summed E-state index contributed by atoms with van der Waals surface area (Å²) in [5, 5.41) is 1.40. The number of halogens is 2. The summed E-state index contributed by atoms with van der Waals surface area (Å²) in [5.41, 5.74) is 0.117. The quantitative estimate of drug-likeness (QED) is 0.692. The SMILES string of the molecule is CC(C)(C)OC(=O)n1ccc2ccc(Br)c(Cl)c21. The molecule has 0 radical (unpaired) electrons. The number of hydrogen-bond donors (Lipinski definition) is 0. The maximum atomic E-state index is 12.1. The summed E-state index contributed by atoms with van der Waals surface area (Å²) in [6.45, 7) is 5.48. The van der Waals surface area contributed by atoms with Gasteiger partial charge in [0.15, 0.2) is 0 Å². The van der Waals surface area contributed by atoms with Gasteiger partial charge in [-0.2, -0.15) is 0 Å². The van der Waals surface area contributed by atoms with Gasteiger partial charge in [-0.1, -0.05) is 17.7 Å². The molecule has 0 amide bonds. The summed E-state index contributed by atoms with van der Waals surface area (Å²) in [7, 11) is 0. The fourth-order valence-electron chi connectivity index (χ4n) is 1.63. The Morgan fingerprint density at radius 3 is 2.61 bits per heavy atom. The maximum Gasteiger partial charge on any atom is 0.419 e. The van der Waals surface area contributed by atoms with Gasteiger partial charge in [0.1, 0.15) is 5.60 Å². The van der Waals surface area contributed by atoms with Crippen LogP contribution in [0.1, 0.15) is 20.8 Å². The summed E-state index contributed by atoms with van der Waals surface area (Å²) in [6.07, 6.45) is 1.23. The zero-order chi connectivity index (χ0) is 13.5. The van der Waals surface area contributed by atoms with E-state index in [4.69, 9.17) is 16.3 Å². The summed E-state index contributed by atoms with van der Waals surface area (Å²) in [6, 6.07) is 5.58. The lowest BCUT2D eigenvalue weighted by atomic mass is 10.2. The molecule has 18 heavy (non-hydrogen) atoms. The molecule has 96 valence electrons. The number of carbonyl (C=O) groups excluding carboxylic acids is 1. The van der Waals surface area contributed by atoms with Crippen molar-refractivity contribution in [2.24, 2.45) is 0 Å². The molecule has 0 bridgehead atoms. The van der Waals surface area contributed by atoms with E-state index in [-0.39, 0.29) is 0 Å². The fraction of sp³-hybridized carbons (Fsp3) is 0.308. The molecule has 0 saturated carbocycles. The van der Waals surface area contributed by atoms with Gasteiger partial charge >= 0.3 is 6.09 Å². The Balaban J connectivity index is 2.52. The van der Waals surface area contributed by atoms with Crippen molar-refractivity contribution in [2.75, 3.05) is 0 Å². The van der Waals surface area contributed by atoms with E-state index in [1.165, 1.54) is 4.57 Å². The van der Waals surface area contributed by atoms with E-state index in [2.05, 4.69) is 15.9 Å². The van der Waals surface area contributed by atoms with Crippen LogP contribution in [0, 0.1) is 0 Å². The molecule has 0 aliphatic carbocycles. The van der Waals surface area contributed by atoms with E-state index in [1.807, 2.05) is 39.0 Å². The van der Waals surface area contributed by atoms with Gasteiger partial charge in [-0.05, 0) is 48.8 Å². The number of aromatic nitrogens is 1. The monoisotopic (exact) mass is 329 g/mol. The molecule has 3 nitrogen and oxygen atoms in total. The third kappa shape index (κ3) is 2.54. The van der Waals surface area contributed by atoms with Crippen molar-refractivity contribution in [2.45, 2.75) is 26.4 Å². The van der Waals surface area contributed by atoms with Gasteiger partial charge in [-0.3, -0.25) is 4.57 Å². The van der Waals surface area contributed by atoms with Crippen LogP contribution in [-0.2, 0) is 4.74 Å². The smallest absolute Gasteiger partial charge is 0.419 e. The Morgan fingerprint density at radius 2 is 2.00 bits per heavy atom. The molecule has 1 aromatic carbocycles. The van der Waals surface area contributed by atoms with Crippen molar-refractivity contribution in [1.29, 1.82) is 0 Å². The van der Waals surface area contributed by atoms with Crippen LogP contribution in [0.5, 0.6) is 0 Å². The van der Waals surface area contributed by atoms with Gasteiger partial charge in [-0.15, -0.1) is 0 Å². The molecule has 0 aliphatic heterocycles. The molecule has 0 atom stereocenters. The third-order valence-corrected chi connectivity index (χ3v) is 3.61. The average Bonchev–Trinajstić information content (AvgIpc) is 2.65. The summed E-state index contributed by atoms with van der Waals surface area (Å²) < 4.78 is 7.51. The molecule has 0 saturated heterocycles. The third-order valence-electron chi connectivity index (χ3n) is 2.33. The second kappa shape index (κ2) is 4.59. The molecule has 2 aromatic rings. The first-order valence-electron chi connectivity index (χ1n) is 5.48. The standard InChI is InChI=1S/C13H13BrClNO2/c1-13(2,3)18-12(17)16-7-6-8-4-5-9(14)10(15)11(8)16/h4-7H,1-3H3. The molecule has 5 heteroatoms. The molecule has 2 rings (SSSR count). The van der Waals surface area contributed by atoms with Crippen molar-refractivity contribution in [1.82, 2.24) is 4.57 Å². The largest absolute Gasteiger partial charge is 0.443 e. The molecule has 0 aliphatic rings. The van der Waals surface area contributed by atoms with Crippen LogP contribution in [-0.4, -0.2) is 16.3 Å². The highest BCUT2D eigenvalue weighted by Crippen LogP contribution is 2.32. The highest BCUT2D eigenvalue weighted by atomic mass is 79.9. The minimum atomic E-state index is -0.536. The van der Waals surface area contributed by atoms with Crippen LogP contribution < -0.4 is 0 Å². The minimum Gasteiger partial charge on any atom is -0.443 e. The summed E-state index contributed by atoms with van der Waals surface area (Å²) in [5.74, 6) is 0. The van der Waals surface area contributed by atoms with Crippen molar-refractivity contribution < 1.29 is 9.53 Å². The van der Waals surface area contributed by atoms with E-state index in [9.17, 15) is 4.79 Å². The Kier molecular flexibility index (Phi) is 3.43. The van der Waals surface area contributed by atoms with E-state index >= 15 is 0 Å². The number of benzene rings is 1. The van der Waals surface area contributed by atoms with Crippen LogP contribution in [0.3, 0.4) is 0 Å². The minimum absolute atomic E-state index is 0.433. The second-order valence-corrected chi connectivity index (χ2v) is 6.20. The molecular formula is C13H13BrClNO2. The topological polar surface area (TPSA) is 31.2 Å². The Labute approximate surface area is 119 Å². The zero-order valence-electron chi connectivity index (χ0n) is 10.3. The Morgan fingerprint density at radius 1 is 1.33 bits per heavy atom. The Hall–Kier alpha value is -1.000. The van der Waals surface area contributed by atoms with E-state index in [0.29, 0.717) is 10.5 Å². The number of ether oxygens (including phenoxy) is 1. The number of fused-ring (bicyclic) bond motifs is 1. The number of rotatable bonds is 0.